The average Bonchev–Trinajstić information content (AvgIpc) is 2.24. The van der Waals surface area contributed by atoms with Crippen LogP contribution in [0, 0.1) is 13.8 Å². The largest absolute Gasteiger partial charge is 0.370 e. The van der Waals surface area contributed by atoms with Gasteiger partial charge in [-0.2, -0.15) is 0 Å². The lowest BCUT2D eigenvalue weighted by molar-refractivity contribution is -0.120. The molecule has 1 amide bonds. The minimum Gasteiger partial charge on any atom is -0.370 e. The Morgan fingerprint density at radius 1 is 1.29 bits per heavy atom. The Balaban J connectivity index is -0.0000000290. The number of rotatable bonds is 3. The number of amides is 1. The molecule has 0 saturated heterocycles. The standard InChI is InChI=1S/C4H8N2O2.C3H6.2C2H4.2CH4/c5-3(2-7)1-4(6)8;1-3-2;2*1-2;;/h2-3H,1,5H2,(H2,6,8);1-3H2;2*1-2H2;2*1H4/t3-;;;;;/m1...../s1. The fourth-order valence-corrected chi connectivity index (χ4v) is 0.280. The highest BCUT2D eigenvalue weighted by Crippen LogP contribution is 1.78. The van der Waals surface area contributed by atoms with Crippen LogP contribution in [0.3, 0.4) is 0 Å². The molecule has 0 unspecified atom stereocenters. The van der Waals surface area contributed by atoms with Crippen molar-refractivity contribution in [1.29, 1.82) is 0 Å². The van der Waals surface area contributed by atoms with E-state index in [1.165, 1.54) is 0 Å². The Kier molecular flexibility index (Phi) is 100. The highest BCUT2D eigenvalue weighted by Gasteiger charge is 2.02. The molecular weight excluding hydrogens is 216 g/mol. The van der Waals surface area contributed by atoms with Gasteiger partial charge >= 0.3 is 0 Å². The van der Waals surface area contributed by atoms with Crippen molar-refractivity contribution in [3.63, 3.8) is 0 Å². The topological polar surface area (TPSA) is 86.2 Å². The van der Waals surface area contributed by atoms with E-state index in [2.05, 4.69) is 40.2 Å². The van der Waals surface area contributed by atoms with Gasteiger partial charge in [0.05, 0.1) is 6.04 Å². The number of hydrogen-bond donors (Lipinski definition) is 2. The molecule has 17 heavy (non-hydrogen) atoms. The molecule has 0 aromatic carbocycles. The molecule has 4 heteroatoms. The molecule has 4 nitrogen and oxygen atoms in total. The molecule has 104 valence electrons. The fourth-order valence-electron chi connectivity index (χ4n) is 0.280. The number of aldehydes is 1. The number of carbonyl (C=O) groups excluding carboxylic acids is 2. The van der Waals surface area contributed by atoms with Crippen LogP contribution in [0.25, 0.3) is 0 Å². The molecule has 0 saturated carbocycles. The average molecular weight is 246 g/mol. The molecule has 0 aromatic heterocycles. The van der Waals surface area contributed by atoms with E-state index < -0.39 is 11.9 Å². The van der Waals surface area contributed by atoms with E-state index in [0.717, 1.165) is 6.42 Å². The van der Waals surface area contributed by atoms with Crippen LogP contribution < -0.4 is 11.5 Å². The van der Waals surface area contributed by atoms with Crippen molar-refractivity contribution in [1.82, 2.24) is 0 Å². The zero-order chi connectivity index (χ0) is 13.3. The van der Waals surface area contributed by atoms with Crippen molar-refractivity contribution >= 4 is 12.2 Å². The summed E-state index contributed by atoms with van der Waals surface area (Å²) in [5.41, 5.74) is 9.70. The number of hydrogen-bond acceptors (Lipinski definition) is 3. The third kappa shape index (κ3) is 113. The van der Waals surface area contributed by atoms with E-state index >= 15 is 0 Å². The maximum atomic E-state index is 9.95. The quantitative estimate of drug-likeness (QED) is 0.455. The maximum absolute atomic E-state index is 9.95. The van der Waals surface area contributed by atoms with Crippen LogP contribution >= 0.6 is 0 Å². The first-order valence-electron chi connectivity index (χ1n) is 4.16. The molecule has 0 aliphatic carbocycles. The lowest BCUT2D eigenvalue weighted by Crippen LogP contribution is -2.28. The Morgan fingerprint density at radius 2 is 1.53 bits per heavy atom. The Labute approximate surface area is 108 Å². The summed E-state index contributed by atoms with van der Waals surface area (Å²) in [7, 11) is 0. The minimum atomic E-state index is -0.729. The van der Waals surface area contributed by atoms with Gasteiger partial charge in [0.2, 0.25) is 5.91 Å². The van der Waals surface area contributed by atoms with E-state index in [9.17, 15) is 9.59 Å². The Bertz CT molecular complexity index is 137. The van der Waals surface area contributed by atoms with Crippen molar-refractivity contribution in [2.75, 3.05) is 0 Å². The van der Waals surface area contributed by atoms with E-state index in [-0.39, 0.29) is 21.3 Å². The van der Waals surface area contributed by atoms with Crippen molar-refractivity contribution in [2.45, 2.75) is 33.7 Å². The van der Waals surface area contributed by atoms with Crippen LogP contribution in [-0.2, 0) is 9.59 Å². The molecular formula is C13H30N2O2. The van der Waals surface area contributed by atoms with E-state index in [1.54, 1.807) is 0 Å². The third-order valence-electron chi connectivity index (χ3n) is 0.612. The zero-order valence-electron chi connectivity index (χ0n) is 9.28. The number of primary amides is 1. The van der Waals surface area contributed by atoms with Crippen LogP contribution in [-0.4, -0.2) is 18.2 Å². The summed E-state index contributed by atoms with van der Waals surface area (Å²) in [6, 6.07) is -0.729. The van der Waals surface area contributed by atoms with Gasteiger partial charge in [0.1, 0.15) is 6.29 Å². The molecule has 0 aliphatic rings. The molecule has 4 N–H and O–H groups in total. The van der Waals surface area contributed by atoms with Crippen LogP contribution in [0.5, 0.6) is 0 Å². The molecule has 0 aliphatic heterocycles. The van der Waals surface area contributed by atoms with Crippen LogP contribution in [0.15, 0.2) is 26.3 Å². The summed E-state index contributed by atoms with van der Waals surface area (Å²) in [5, 5.41) is 0. The second-order valence-corrected chi connectivity index (χ2v) is 1.82. The zero-order valence-corrected chi connectivity index (χ0v) is 9.28. The second kappa shape index (κ2) is 47.1. The van der Waals surface area contributed by atoms with Crippen molar-refractivity contribution < 1.29 is 9.59 Å². The fraction of sp³-hybridized carbons (Fsp3) is 0.385. The maximum Gasteiger partial charge on any atom is 0.219 e. The lowest BCUT2D eigenvalue weighted by Gasteiger charge is -1.95. The van der Waals surface area contributed by atoms with Gasteiger partial charge < -0.3 is 16.3 Å². The summed E-state index contributed by atoms with van der Waals surface area (Å²) in [4.78, 5) is 19.7. The van der Waals surface area contributed by atoms with Crippen LogP contribution in [0.2, 0.25) is 0 Å². The molecule has 0 bridgehead atoms. The van der Waals surface area contributed by atoms with E-state index in [1.807, 2.05) is 0 Å². The SMILES string of the molecule is C.C.C=C.C=C.NC(=O)C[C@@H](N)C=O.[CH2+]C[CH2-]. The summed E-state index contributed by atoms with van der Waals surface area (Å²) in [6.45, 7) is 18.8. The van der Waals surface area contributed by atoms with Gasteiger partial charge in [-0.05, 0) is 6.42 Å². The first-order chi connectivity index (χ1) is 7.08. The molecule has 0 spiro atoms. The van der Waals surface area contributed by atoms with Gasteiger partial charge in [0.25, 0.3) is 0 Å². The predicted octanol–water partition coefficient (Wildman–Crippen LogP) is 2.31. The second-order valence-electron chi connectivity index (χ2n) is 1.82. The highest BCUT2D eigenvalue weighted by molar-refractivity contribution is 5.78. The van der Waals surface area contributed by atoms with Crippen LogP contribution in [0.4, 0.5) is 0 Å². The summed E-state index contributed by atoms with van der Waals surface area (Å²) >= 11 is 0. The van der Waals surface area contributed by atoms with Gasteiger partial charge in [0, 0.05) is 13.3 Å². The molecule has 0 heterocycles. The molecule has 0 rings (SSSR count). The van der Waals surface area contributed by atoms with Crippen molar-refractivity contribution in [2.24, 2.45) is 11.5 Å². The van der Waals surface area contributed by atoms with Gasteiger partial charge in [-0.3, -0.25) is 11.7 Å². The van der Waals surface area contributed by atoms with Gasteiger partial charge in [-0.1, -0.05) is 14.9 Å². The summed E-state index contributed by atoms with van der Waals surface area (Å²) in [6.07, 6.45) is 1.17. The first-order valence-corrected chi connectivity index (χ1v) is 4.16. The van der Waals surface area contributed by atoms with Crippen molar-refractivity contribution in [3.05, 3.63) is 40.2 Å². The van der Waals surface area contributed by atoms with E-state index in [0.29, 0.717) is 6.29 Å². The van der Waals surface area contributed by atoms with E-state index in [4.69, 9.17) is 11.5 Å². The lowest BCUT2D eigenvalue weighted by atomic mass is 10.2. The smallest absolute Gasteiger partial charge is 0.219 e. The third-order valence-corrected chi connectivity index (χ3v) is 0.612. The van der Waals surface area contributed by atoms with Crippen LogP contribution in [0.1, 0.15) is 27.7 Å². The molecule has 1 atom stereocenters. The van der Waals surface area contributed by atoms with Crippen molar-refractivity contribution in [3.8, 4) is 0 Å². The predicted molar refractivity (Wildman–Crippen MR) is 79.2 cm³/mol. The monoisotopic (exact) mass is 246 g/mol. The number of nitrogens with two attached hydrogens (primary N) is 2. The van der Waals surface area contributed by atoms with Gasteiger partial charge in [0.15, 0.2) is 0 Å². The molecule has 0 aromatic rings. The highest BCUT2D eigenvalue weighted by atomic mass is 16.1. The van der Waals surface area contributed by atoms with Gasteiger partial charge in [-0.15, -0.1) is 26.3 Å². The number of carbonyl (C=O) groups is 2. The normalized spacial score (nSPS) is 7.41. The minimum absolute atomic E-state index is 0. The molecule has 0 fully saturated rings. The summed E-state index contributed by atoms with van der Waals surface area (Å²) < 4.78 is 0. The van der Waals surface area contributed by atoms with Gasteiger partial charge in [-0.25, -0.2) is 0 Å². The summed E-state index contributed by atoms with van der Waals surface area (Å²) in [5.74, 6) is -0.551. The molecule has 0 radical (unpaired) electrons. The Morgan fingerprint density at radius 3 is 1.59 bits per heavy atom. The Hall–Kier alpha value is -1.55. The first kappa shape index (κ1) is 36.1.